The Morgan fingerprint density at radius 2 is 1.95 bits per heavy atom. The minimum Gasteiger partial charge on any atom is -0.481 e. The van der Waals surface area contributed by atoms with Crippen LogP contribution in [0.15, 0.2) is 48.5 Å². The zero-order valence-corrected chi connectivity index (χ0v) is 12.1. The topological polar surface area (TPSA) is 38.3 Å². The van der Waals surface area contributed by atoms with Crippen LogP contribution in [0.5, 0.6) is 5.75 Å². The van der Waals surface area contributed by atoms with Gasteiger partial charge in [0.25, 0.3) is 5.91 Å². The van der Waals surface area contributed by atoms with E-state index in [9.17, 15) is 9.18 Å². The number of aryl methyl sites for hydroxylation is 1. The highest BCUT2D eigenvalue weighted by atomic mass is 19.1. The number of anilines is 1. The van der Waals surface area contributed by atoms with Crippen LogP contribution in [0.1, 0.15) is 19.4 Å². The number of halogens is 1. The molecule has 1 amide bonds. The Labute approximate surface area is 123 Å². The summed E-state index contributed by atoms with van der Waals surface area (Å²) in [7, 11) is 0. The molecule has 1 atom stereocenters. The number of hydrogen-bond donors (Lipinski definition) is 1. The Morgan fingerprint density at radius 1 is 1.24 bits per heavy atom. The van der Waals surface area contributed by atoms with Crippen LogP contribution in [-0.2, 0) is 11.2 Å². The van der Waals surface area contributed by atoms with E-state index >= 15 is 0 Å². The summed E-state index contributed by atoms with van der Waals surface area (Å²) < 4.78 is 18.5. The molecule has 0 aliphatic carbocycles. The number of benzene rings is 2. The molecule has 3 nitrogen and oxygen atoms in total. The van der Waals surface area contributed by atoms with Crippen molar-refractivity contribution in [3.8, 4) is 5.75 Å². The molecule has 2 aromatic carbocycles. The van der Waals surface area contributed by atoms with Crippen molar-refractivity contribution in [3.63, 3.8) is 0 Å². The molecule has 0 fully saturated rings. The molecule has 0 saturated carbocycles. The van der Waals surface area contributed by atoms with Gasteiger partial charge in [-0.2, -0.15) is 0 Å². The van der Waals surface area contributed by atoms with E-state index in [0.717, 1.165) is 6.42 Å². The van der Waals surface area contributed by atoms with E-state index < -0.39 is 11.9 Å². The van der Waals surface area contributed by atoms with Crippen LogP contribution in [0.25, 0.3) is 0 Å². The van der Waals surface area contributed by atoms with Gasteiger partial charge in [0.05, 0.1) is 0 Å². The summed E-state index contributed by atoms with van der Waals surface area (Å²) in [4.78, 5) is 12.0. The minimum absolute atomic E-state index is 0.275. The van der Waals surface area contributed by atoms with Crippen molar-refractivity contribution in [1.82, 2.24) is 0 Å². The predicted molar refractivity (Wildman–Crippen MR) is 80.9 cm³/mol. The number of rotatable bonds is 5. The summed E-state index contributed by atoms with van der Waals surface area (Å²) in [6.07, 6.45) is 0.241. The maximum Gasteiger partial charge on any atom is 0.265 e. The lowest BCUT2D eigenvalue weighted by Crippen LogP contribution is -2.30. The molecule has 0 bridgehead atoms. The third-order valence-electron chi connectivity index (χ3n) is 3.11. The van der Waals surface area contributed by atoms with Crippen LogP contribution in [0.2, 0.25) is 0 Å². The highest BCUT2D eigenvalue weighted by molar-refractivity contribution is 5.94. The summed E-state index contributed by atoms with van der Waals surface area (Å²) >= 11 is 0. The van der Waals surface area contributed by atoms with Gasteiger partial charge in [-0.25, -0.2) is 4.39 Å². The molecule has 0 aromatic heterocycles. The second-order valence-electron chi connectivity index (χ2n) is 4.76. The smallest absolute Gasteiger partial charge is 0.265 e. The fourth-order valence-electron chi connectivity index (χ4n) is 1.87. The van der Waals surface area contributed by atoms with Crippen molar-refractivity contribution >= 4 is 11.6 Å². The molecule has 2 rings (SSSR count). The van der Waals surface area contributed by atoms with Gasteiger partial charge in [-0.1, -0.05) is 25.1 Å². The molecule has 4 heteroatoms. The van der Waals surface area contributed by atoms with Gasteiger partial charge in [0.1, 0.15) is 11.6 Å². The van der Waals surface area contributed by atoms with Gasteiger partial charge >= 0.3 is 0 Å². The molecular formula is C17H18FNO2. The Balaban J connectivity index is 1.95. The SMILES string of the molecule is CCc1ccc(NC(=O)[C@H](C)Oc2cccc(F)c2)cc1. The van der Waals surface area contributed by atoms with Gasteiger partial charge < -0.3 is 10.1 Å². The highest BCUT2D eigenvalue weighted by Gasteiger charge is 2.15. The first-order valence-corrected chi connectivity index (χ1v) is 6.90. The van der Waals surface area contributed by atoms with E-state index in [0.29, 0.717) is 11.4 Å². The van der Waals surface area contributed by atoms with Crippen LogP contribution in [-0.4, -0.2) is 12.0 Å². The van der Waals surface area contributed by atoms with Gasteiger partial charge in [0.15, 0.2) is 6.10 Å². The Hall–Kier alpha value is -2.36. The summed E-state index contributed by atoms with van der Waals surface area (Å²) in [6.45, 7) is 3.70. The third kappa shape index (κ3) is 4.31. The molecule has 1 N–H and O–H groups in total. The Morgan fingerprint density at radius 3 is 2.57 bits per heavy atom. The maximum absolute atomic E-state index is 13.1. The van der Waals surface area contributed by atoms with E-state index in [4.69, 9.17) is 4.74 Å². The summed E-state index contributed by atoms with van der Waals surface area (Å²) in [6, 6.07) is 13.4. The maximum atomic E-state index is 13.1. The van der Waals surface area contributed by atoms with Gasteiger partial charge in [0.2, 0.25) is 0 Å². The molecular weight excluding hydrogens is 269 g/mol. The number of amides is 1. The van der Waals surface area contributed by atoms with Crippen molar-refractivity contribution in [2.45, 2.75) is 26.4 Å². The minimum atomic E-state index is -0.711. The van der Waals surface area contributed by atoms with Crippen molar-refractivity contribution in [3.05, 3.63) is 59.9 Å². The van der Waals surface area contributed by atoms with Crippen molar-refractivity contribution in [2.75, 3.05) is 5.32 Å². The lowest BCUT2D eigenvalue weighted by Gasteiger charge is -2.15. The van der Waals surface area contributed by atoms with E-state index in [1.54, 1.807) is 19.1 Å². The molecule has 2 aromatic rings. The normalized spacial score (nSPS) is 11.8. The first-order valence-electron chi connectivity index (χ1n) is 6.90. The molecule has 0 spiro atoms. The summed E-state index contributed by atoms with van der Waals surface area (Å²) in [5.74, 6) is -0.335. The Bertz CT molecular complexity index is 610. The van der Waals surface area contributed by atoms with Gasteiger partial charge in [-0.05, 0) is 43.2 Å². The molecule has 21 heavy (non-hydrogen) atoms. The fraction of sp³-hybridized carbons (Fsp3) is 0.235. The zero-order chi connectivity index (χ0) is 15.2. The van der Waals surface area contributed by atoms with Gasteiger partial charge in [-0.3, -0.25) is 4.79 Å². The summed E-state index contributed by atoms with van der Waals surface area (Å²) in [5, 5.41) is 2.77. The third-order valence-corrected chi connectivity index (χ3v) is 3.11. The number of ether oxygens (including phenoxy) is 1. The van der Waals surface area contributed by atoms with Crippen molar-refractivity contribution in [2.24, 2.45) is 0 Å². The number of hydrogen-bond acceptors (Lipinski definition) is 2. The molecule has 0 unspecified atom stereocenters. The molecule has 0 saturated heterocycles. The van der Waals surface area contributed by atoms with Crippen molar-refractivity contribution < 1.29 is 13.9 Å². The molecule has 0 radical (unpaired) electrons. The van der Waals surface area contributed by atoms with E-state index in [-0.39, 0.29) is 5.91 Å². The van der Waals surface area contributed by atoms with E-state index in [1.165, 1.54) is 17.7 Å². The molecule has 0 heterocycles. The highest BCUT2D eigenvalue weighted by Crippen LogP contribution is 2.15. The van der Waals surface area contributed by atoms with Crippen LogP contribution in [0.4, 0.5) is 10.1 Å². The van der Waals surface area contributed by atoms with Crippen LogP contribution >= 0.6 is 0 Å². The first kappa shape index (κ1) is 15.0. The van der Waals surface area contributed by atoms with Crippen LogP contribution in [0, 0.1) is 5.82 Å². The summed E-state index contributed by atoms with van der Waals surface area (Å²) in [5.41, 5.74) is 1.92. The monoisotopic (exact) mass is 287 g/mol. The second-order valence-corrected chi connectivity index (χ2v) is 4.76. The van der Waals surface area contributed by atoms with Crippen LogP contribution in [0.3, 0.4) is 0 Å². The standard InChI is InChI=1S/C17H18FNO2/c1-3-13-7-9-15(10-8-13)19-17(20)12(2)21-16-6-4-5-14(18)11-16/h4-12H,3H2,1-2H3,(H,19,20)/t12-/m0/s1. The van der Waals surface area contributed by atoms with E-state index in [2.05, 4.69) is 12.2 Å². The quantitative estimate of drug-likeness (QED) is 0.908. The molecule has 0 aliphatic rings. The lowest BCUT2D eigenvalue weighted by atomic mass is 10.1. The average Bonchev–Trinajstić information content (AvgIpc) is 2.48. The van der Waals surface area contributed by atoms with Gasteiger partial charge in [0, 0.05) is 11.8 Å². The number of nitrogens with one attached hydrogen (secondary N) is 1. The number of carbonyl (C=O) groups is 1. The molecule has 0 aliphatic heterocycles. The van der Waals surface area contributed by atoms with E-state index in [1.807, 2.05) is 24.3 Å². The van der Waals surface area contributed by atoms with Gasteiger partial charge in [-0.15, -0.1) is 0 Å². The van der Waals surface area contributed by atoms with Crippen LogP contribution < -0.4 is 10.1 Å². The fourth-order valence-corrected chi connectivity index (χ4v) is 1.87. The first-order chi connectivity index (χ1) is 10.1. The average molecular weight is 287 g/mol. The zero-order valence-electron chi connectivity index (χ0n) is 12.1. The number of carbonyl (C=O) groups excluding carboxylic acids is 1. The lowest BCUT2D eigenvalue weighted by molar-refractivity contribution is -0.122. The predicted octanol–water partition coefficient (Wildman–Crippen LogP) is 3.79. The van der Waals surface area contributed by atoms with Crippen molar-refractivity contribution in [1.29, 1.82) is 0 Å². The second kappa shape index (κ2) is 6.88. The Kier molecular flexibility index (Phi) is 4.93. The largest absolute Gasteiger partial charge is 0.481 e. The molecule has 110 valence electrons.